The quantitative estimate of drug-likeness (QED) is 0.475. The van der Waals surface area contributed by atoms with E-state index in [0.29, 0.717) is 18.4 Å². The molecule has 5 nitrogen and oxygen atoms in total. The molecule has 1 aromatic heterocycles. The van der Waals surface area contributed by atoms with Crippen molar-refractivity contribution in [2.75, 3.05) is 14.1 Å². The Morgan fingerprint density at radius 1 is 0.771 bits per heavy atom. The van der Waals surface area contributed by atoms with Gasteiger partial charge in [0.25, 0.3) is 11.5 Å². The lowest BCUT2D eigenvalue weighted by atomic mass is 10.1. The normalized spacial score (nSPS) is 19.6. The number of hydrogen-bond acceptors (Lipinski definition) is 7. The van der Waals surface area contributed by atoms with Crippen molar-refractivity contribution >= 4 is 78.9 Å². The van der Waals surface area contributed by atoms with Crippen LogP contribution in [0.3, 0.4) is 0 Å². The minimum absolute atomic E-state index is 0.131. The highest BCUT2D eigenvalue weighted by Gasteiger charge is 2.31. The van der Waals surface area contributed by atoms with E-state index < -0.39 is 0 Å². The number of hydrogen-bond donors (Lipinski definition) is 0. The summed E-state index contributed by atoms with van der Waals surface area (Å²) >= 11 is 9.49. The number of benzene rings is 2. The molecule has 1 saturated heterocycles. The van der Waals surface area contributed by atoms with Gasteiger partial charge in [-0.3, -0.25) is 14.5 Å². The van der Waals surface area contributed by atoms with E-state index in [1.54, 1.807) is 25.9 Å². The van der Waals surface area contributed by atoms with Crippen LogP contribution in [0, 0.1) is 0 Å². The topological polar surface area (TPSA) is 45.6 Å². The largest absolute Gasteiger partial charge is 0.338 e. The van der Waals surface area contributed by atoms with Crippen LogP contribution in [0.4, 0.5) is 0 Å². The maximum absolute atomic E-state index is 13.0. The first-order valence-corrected chi connectivity index (χ1v) is 13.6. The maximum atomic E-state index is 13.0. The van der Waals surface area contributed by atoms with Gasteiger partial charge in [-0.05, 0) is 23.3 Å². The van der Waals surface area contributed by atoms with Crippen molar-refractivity contribution < 1.29 is 4.79 Å². The summed E-state index contributed by atoms with van der Waals surface area (Å²) in [5.74, 6) is -0.169. The average molecular weight is 536 g/mol. The monoisotopic (exact) mass is 535 g/mol. The molecule has 0 bridgehead atoms. The van der Waals surface area contributed by atoms with Gasteiger partial charge in [-0.15, -0.1) is 11.3 Å². The number of thioether (sulfide) groups is 2. The molecule has 35 heavy (non-hydrogen) atoms. The van der Waals surface area contributed by atoms with Crippen molar-refractivity contribution in [3.05, 3.63) is 102 Å². The smallest absolute Gasteiger partial charge is 0.268 e. The van der Waals surface area contributed by atoms with Crippen molar-refractivity contribution in [3.8, 4) is 0 Å². The third kappa shape index (κ3) is 4.33. The fourth-order valence-corrected chi connectivity index (χ4v) is 7.40. The van der Waals surface area contributed by atoms with Crippen LogP contribution in [0.5, 0.6) is 0 Å². The first-order chi connectivity index (χ1) is 16.9. The summed E-state index contributed by atoms with van der Waals surface area (Å²) in [7, 11) is 5.39. The first-order valence-electron chi connectivity index (χ1n) is 10.8. The van der Waals surface area contributed by atoms with E-state index in [0.717, 1.165) is 21.9 Å². The van der Waals surface area contributed by atoms with E-state index in [1.807, 2.05) is 55.6 Å². The second-order valence-electron chi connectivity index (χ2n) is 7.94. The highest BCUT2D eigenvalue weighted by molar-refractivity contribution is 8.30. The molecule has 2 aliphatic rings. The average Bonchev–Trinajstić information content (AvgIpc) is 3.45. The van der Waals surface area contributed by atoms with Gasteiger partial charge in [-0.25, -0.2) is 0 Å². The van der Waals surface area contributed by atoms with Crippen LogP contribution >= 0.6 is 47.1 Å². The zero-order chi connectivity index (χ0) is 24.7. The number of rotatable bonds is 3. The summed E-state index contributed by atoms with van der Waals surface area (Å²) in [6, 6.07) is 20.6. The van der Waals surface area contributed by atoms with Gasteiger partial charge >= 0.3 is 0 Å². The van der Waals surface area contributed by atoms with Crippen molar-refractivity contribution in [2.24, 2.45) is 7.05 Å². The number of nitrogens with zero attached hydrogens (tertiary/aromatic N) is 3. The van der Waals surface area contributed by atoms with Crippen LogP contribution in [0.2, 0.25) is 0 Å². The number of amides is 1. The van der Waals surface area contributed by atoms with Crippen LogP contribution in [-0.4, -0.2) is 38.7 Å². The molecule has 176 valence electrons. The Hall–Kier alpha value is -2.85. The van der Waals surface area contributed by atoms with Gasteiger partial charge in [-0.2, -0.15) is 0 Å². The Bertz CT molecular complexity index is 1580. The number of carbonyl (C=O) groups excluding carboxylic acids is 1. The van der Waals surface area contributed by atoms with Gasteiger partial charge in [0, 0.05) is 26.0 Å². The van der Waals surface area contributed by atoms with Gasteiger partial charge in [-0.1, -0.05) is 96.4 Å². The lowest BCUT2D eigenvalue weighted by Crippen LogP contribution is -2.30. The maximum Gasteiger partial charge on any atom is 0.268 e. The van der Waals surface area contributed by atoms with Crippen molar-refractivity contribution in [2.45, 2.75) is 0 Å². The highest BCUT2D eigenvalue weighted by atomic mass is 32.2. The van der Waals surface area contributed by atoms with Gasteiger partial charge < -0.3 is 9.47 Å². The van der Waals surface area contributed by atoms with Crippen LogP contribution in [0.1, 0.15) is 11.1 Å². The van der Waals surface area contributed by atoms with E-state index in [2.05, 4.69) is 29.2 Å². The van der Waals surface area contributed by atoms with Crippen molar-refractivity contribution in [1.29, 1.82) is 0 Å². The molecule has 1 fully saturated rings. The molecule has 3 heterocycles. The molecule has 9 heteroatoms. The van der Waals surface area contributed by atoms with E-state index in [-0.39, 0.29) is 11.5 Å². The SMILES string of the molecule is CN1C(=O)/C(=c2/s/c(=C\C=C3\SC(c4ccccc4)=C(c4ccccc4)N3C)c(=O)n2C)SC1=S. The third-order valence-corrected chi connectivity index (χ3v) is 9.86. The molecule has 1 amide bonds. The Morgan fingerprint density at radius 3 is 2.00 bits per heavy atom. The number of allylic oxidation sites excluding steroid dienone is 1. The molecule has 0 atom stereocenters. The number of thiocarbonyl (C=S) groups is 1. The Labute approximate surface area is 220 Å². The summed E-state index contributed by atoms with van der Waals surface area (Å²) in [6.07, 6.45) is 3.82. The minimum Gasteiger partial charge on any atom is -0.338 e. The van der Waals surface area contributed by atoms with E-state index in [9.17, 15) is 9.59 Å². The standard InChI is InChI=1S/C26H21N3O2S4/c1-27-19(34-21(17-12-8-5-9-13-17)20(27)16-10-6-4-7-11-16)15-14-18-23(30)28(2)25(33-18)22-24(31)29(3)26(32)35-22/h4-15H,1-3H3/b18-14-,19-15+,25-22-. The minimum atomic E-state index is -0.169. The molecule has 0 aliphatic carbocycles. The molecule has 3 aromatic rings. The lowest BCUT2D eigenvalue weighted by Gasteiger charge is -2.17. The summed E-state index contributed by atoms with van der Waals surface area (Å²) in [5, 5.41) is 1.01. The van der Waals surface area contributed by atoms with E-state index in [1.165, 1.54) is 37.5 Å². The van der Waals surface area contributed by atoms with Gasteiger partial charge in [0.1, 0.15) is 13.9 Å². The molecule has 2 aromatic carbocycles. The molecule has 0 spiro atoms. The van der Waals surface area contributed by atoms with E-state index in [4.69, 9.17) is 12.2 Å². The predicted octanol–water partition coefficient (Wildman–Crippen LogP) is 3.87. The molecular weight excluding hydrogens is 515 g/mol. The van der Waals surface area contributed by atoms with Gasteiger partial charge in [0.15, 0.2) is 0 Å². The second-order valence-corrected chi connectivity index (χ2v) is 11.6. The van der Waals surface area contributed by atoms with Crippen molar-refractivity contribution in [3.63, 3.8) is 0 Å². The number of aromatic nitrogens is 1. The molecule has 0 N–H and O–H groups in total. The Balaban J connectivity index is 1.59. The van der Waals surface area contributed by atoms with E-state index >= 15 is 0 Å². The van der Waals surface area contributed by atoms with Crippen molar-refractivity contribution in [1.82, 2.24) is 14.4 Å². The summed E-state index contributed by atoms with van der Waals surface area (Å²) in [4.78, 5) is 30.8. The Kier molecular flexibility index (Phi) is 6.59. The molecule has 2 aliphatic heterocycles. The molecule has 0 radical (unpaired) electrons. The molecular formula is C26H21N3O2S4. The molecule has 0 saturated carbocycles. The summed E-state index contributed by atoms with van der Waals surface area (Å²) in [6.45, 7) is 0. The number of carbonyl (C=O) groups is 1. The predicted molar refractivity (Wildman–Crippen MR) is 153 cm³/mol. The fourth-order valence-electron chi connectivity index (χ4n) is 3.83. The van der Waals surface area contributed by atoms with Crippen LogP contribution in [-0.2, 0) is 11.8 Å². The van der Waals surface area contributed by atoms with Gasteiger partial charge in [0.2, 0.25) is 0 Å². The second kappa shape index (κ2) is 9.66. The molecule has 5 rings (SSSR count). The molecule has 0 unspecified atom stereocenters. The highest BCUT2D eigenvalue weighted by Crippen LogP contribution is 2.49. The number of thiazole rings is 1. The summed E-state index contributed by atoms with van der Waals surface area (Å²) in [5.41, 5.74) is 3.27. The Morgan fingerprint density at radius 2 is 1.40 bits per heavy atom. The fraction of sp³-hybridized carbons (Fsp3) is 0.115. The lowest BCUT2D eigenvalue weighted by molar-refractivity contribution is -0.119. The van der Waals surface area contributed by atoms with Crippen LogP contribution < -0.4 is 14.8 Å². The zero-order valence-corrected chi connectivity index (χ0v) is 22.5. The third-order valence-electron chi connectivity index (χ3n) is 5.73. The van der Waals surface area contributed by atoms with Gasteiger partial charge in [0.05, 0.1) is 15.3 Å². The first kappa shape index (κ1) is 23.9. The summed E-state index contributed by atoms with van der Waals surface area (Å²) < 4.78 is 3.23. The zero-order valence-electron chi connectivity index (χ0n) is 19.2. The van der Waals surface area contributed by atoms with Crippen LogP contribution in [0.25, 0.3) is 21.6 Å². The van der Waals surface area contributed by atoms with Crippen LogP contribution in [0.15, 0.2) is 76.6 Å².